The quantitative estimate of drug-likeness (QED) is 0.816. The Balaban J connectivity index is 2.06. The van der Waals surface area contributed by atoms with Crippen LogP contribution in [-0.2, 0) is 0 Å². The van der Waals surface area contributed by atoms with E-state index in [9.17, 15) is 4.79 Å². The van der Waals surface area contributed by atoms with Crippen LogP contribution in [0.5, 0.6) is 0 Å². The van der Waals surface area contributed by atoms with E-state index in [4.69, 9.17) is 11.5 Å². The van der Waals surface area contributed by atoms with Crippen molar-refractivity contribution in [2.24, 2.45) is 17.4 Å². The number of carbonyl (C=O) groups excluding carboxylic acids is 1. The van der Waals surface area contributed by atoms with Gasteiger partial charge in [0.25, 0.3) is 0 Å². The highest BCUT2D eigenvalue weighted by molar-refractivity contribution is 5.93. The van der Waals surface area contributed by atoms with Crippen molar-refractivity contribution in [1.29, 1.82) is 0 Å². The Kier molecular flexibility index (Phi) is 3.33. The molecular formula is C13H19N3O. The predicted molar refractivity (Wildman–Crippen MR) is 68.9 cm³/mol. The molecule has 1 heterocycles. The number of primary amides is 1. The minimum atomic E-state index is -0.383. The number of benzene rings is 1. The topological polar surface area (TPSA) is 72.3 Å². The molecule has 1 aromatic carbocycles. The van der Waals surface area contributed by atoms with Gasteiger partial charge in [-0.15, -0.1) is 0 Å². The summed E-state index contributed by atoms with van der Waals surface area (Å²) in [4.78, 5) is 13.3. The maximum atomic E-state index is 11.0. The number of hydrogen-bond donors (Lipinski definition) is 2. The second-order valence-corrected chi connectivity index (χ2v) is 4.77. The van der Waals surface area contributed by atoms with Crippen LogP contribution in [0.4, 0.5) is 5.69 Å². The van der Waals surface area contributed by atoms with Crippen molar-refractivity contribution < 1.29 is 4.79 Å². The largest absolute Gasteiger partial charge is 0.371 e. The molecular weight excluding hydrogens is 214 g/mol. The van der Waals surface area contributed by atoms with E-state index < -0.39 is 0 Å². The molecule has 2 unspecified atom stereocenters. The van der Waals surface area contributed by atoms with E-state index in [-0.39, 0.29) is 11.9 Å². The molecule has 2 atom stereocenters. The lowest BCUT2D eigenvalue weighted by Gasteiger charge is -2.20. The first kappa shape index (κ1) is 11.9. The highest BCUT2D eigenvalue weighted by Gasteiger charge is 2.25. The van der Waals surface area contributed by atoms with E-state index in [2.05, 4.69) is 11.8 Å². The summed E-state index contributed by atoms with van der Waals surface area (Å²) < 4.78 is 0. The van der Waals surface area contributed by atoms with Crippen LogP contribution in [0.2, 0.25) is 0 Å². The molecule has 4 heteroatoms. The van der Waals surface area contributed by atoms with Gasteiger partial charge in [-0.25, -0.2) is 0 Å². The van der Waals surface area contributed by atoms with Crippen LogP contribution in [-0.4, -0.2) is 25.0 Å². The number of hydrogen-bond acceptors (Lipinski definition) is 3. The maximum Gasteiger partial charge on any atom is 0.248 e. The van der Waals surface area contributed by atoms with E-state index in [1.165, 1.54) is 0 Å². The standard InChI is InChI=1S/C13H19N3O/c1-9(14)11-6-7-16(8-11)12-4-2-10(3-5-12)13(15)17/h2-5,9,11H,6-8,14H2,1H3,(H2,15,17). The van der Waals surface area contributed by atoms with Crippen LogP contribution in [0.3, 0.4) is 0 Å². The van der Waals surface area contributed by atoms with Crippen LogP contribution >= 0.6 is 0 Å². The van der Waals surface area contributed by atoms with Crippen LogP contribution in [0.25, 0.3) is 0 Å². The molecule has 0 radical (unpaired) electrons. The first-order chi connectivity index (χ1) is 8.08. The molecule has 1 amide bonds. The molecule has 2 rings (SSSR count). The Morgan fingerprint density at radius 3 is 2.53 bits per heavy atom. The molecule has 0 bridgehead atoms. The van der Waals surface area contributed by atoms with Gasteiger partial charge in [0, 0.05) is 30.4 Å². The summed E-state index contributed by atoms with van der Waals surface area (Å²) >= 11 is 0. The zero-order valence-electron chi connectivity index (χ0n) is 10.1. The molecule has 1 fully saturated rings. The van der Waals surface area contributed by atoms with Crippen molar-refractivity contribution in [3.05, 3.63) is 29.8 Å². The summed E-state index contributed by atoms with van der Waals surface area (Å²) in [5, 5.41) is 0. The van der Waals surface area contributed by atoms with Crippen molar-refractivity contribution in [1.82, 2.24) is 0 Å². The lowest BCUT2D eigenvalue weighted by atomic mass is 10.0. The third-order valence-electron chi connectivity index (χ3n) is 3.49. The molecule has 4 nitrogen and oxygen atoms in total. The average Bonchev–Trinajstić information content (AvgIpc) is 2.78. The Labute approximate surface area is 102 Å². The number of nitrogens with zero attached hydrogens (tertiary/aromatic N) is 1. The smallest absolute Gasteiger partial charge is 0.248 e. The zero-order chi connectivity index (χ0) is 12.4. The fourth-order valence-corrected chi connectivity index (χ4v) is 2.29. The van der Waals surface area contributed by atoms with Crippen molar-refractivity contribution in [3.8, 4) is 0 Å². The zero-order valence-corrected chi connectivity index (χ0v) is 10.1. The Morgan fingerprint density at radius 1 is 1.41 bits per heavy atom. The molecule has 1 aliphatic heterocycles. The SMILES string of the molecule is CC(N)C1CCN(c2ccc(C(N)=O)cc2)C1. The van der Waals surface area contributed by atoms with E-state index >= 15 is 0 Å². The molecule has 0 aliphatic carbocycles. The van der Waals surface area contributed by atoms with Gasteiger partial charge in [0.2, 0.25) is 5.91 Å². The fraction of sp³-hybridized carbons (Fsp3) is 0.462. The van der Waals surface area contributed by atoms with Gasteiger partial charge in [-0.2, -0.15) is 0 Å². The fourth-order valence-electron chi connectivity index (χ4n) is 2.29. The van der Waals surface area contributed by atoms with Gasteiger partial charge < -0.3 is 16.4 Å². The first-order valence-electron chi connectivity index (χ1n) is 5.98. The number of nitrogens with two attached hydrogens (primary N) is 2. The van der Waals surface area contributed by atoms with E-state index in [0.29, 0.717) is 11.5 Å². The summed E-state index contributed by atoms with van der Waals surface area (Å²) in [5.74, 6) is 0.178. The lowest BCUT2D eigenvalue weighted by Crippen LogP contribution is -2.29. The second-order valence-electron chi connectivity index (χ2n) is 4.77. The molecule has 0 aromatic heterocycles. The number of rotatable bonds is 3. The lowest BCUT2D eigenvalue weighted by molar-refractivity contribution is 0.100. The van der Waals surface area contributed by atoms with Crippen LogP contribution in [0, 0.1) is 5.92 Å². The van der Waals surface area contributed by atoms with E-state index in [0.717, 1.165) is 25.2 Å². The van der Waals surface area contributed by atoms with Crippen molar-refractivity contribution in [3.63, 3.8) is 0 Å². The monoisotopic (exact) mass is 233 g/mol. The highest BCUT2D eigenvalue weighted by Crippen LogP contribution is 2.25. The van der Waals surface area contributed by atoms with Crippen LogP contribution in [0.1, 0.15) is 23.7 Å². The Morgan fingerprint density at radius 2 is 2.06 bits per heavy atom. The molecule has 0 spiro atoms. The summed E-state index contributed by atoms with van der Waals surface area (Å²) in [5.41, 5.74) is 12.8. The number of anilines is 1. The summed E-state index contributed by atoms with van der Waals surface area (Å²) in [6, 6.07) is 7.69. The molecule has 4 N–H and O–H groups in total. The number of carbonyl (C=O) groups is 1. The second kappa shape index (κ2) is 4.75. The average molecular weight is 233 g/mol. The minimum absolute atomic E-state index is 0.241. The molecule has 1 aliphatic rings. The van der Waals surface area contributed by atoms with Crippen molar-refractivity contribution >= 4 is 11.6 Å². The van der Waals surface area contributed by atoms with Gasteiger partial charge >= 0.3 is 0 Å². The van der Waals surface area contributed by atoms with Crippen LogP contribution in [0.15, 0.2) is 24.3 Å². The molecule has 92 valence electrons. The molecule has 17 heavy (non-hydrogen) atoms. The summed E-state index contributed by atoms with van der Waals surface area (Å²) in [6.45, 7) is 4.08. The van der Waals surface area contributed by atoms with Gasteiger partial charge in [-0.3, -0.25) is 4.79 Å². The van der Waals surface area contributed by atoms with Crippen molar-refractivity contribution in [2.45, 2.75) is 19.4 Å². The third kappa shape index (κ3) is 2.58. The van der Waals surface area contributed by atoms with Gasteiger partial charge in [-0.1, -0.05) is 0 Å². The molecule has 1 saturated heterocycles. The Hall–Kier alpha value is -1.55. The highest BCUT2D eigenvalue weighted by atomic mass is 16.1. The van der Waals surface area contributed by atoms with Gasteiger partial charge in [0.05, 0.1) is 0 Å². The van der Waals surface area contributed by atoms with Gasteiger partial charge in [-0.05, 0) is 43.5 Å². The third-order valence-corrected chi connectivity index (χ3v) is 3.49. The molecule has 0 saturated carbocycles. The van der Waals surface area contributed by atoms with Gasteiger partial charge in [0.1, 0.15) is 0 Å². The van der Waals surface area contributed by atoms with E-state index in [1.54, 1.807) is 12.1 Å². The van der Waals surface area contributed by atoms with Gasteiger partial charge in [0.15, 0.2) is 0 Å². The van der Waals surface area contributed by atoms with Crippen molar-refractivity contribution in [2.75, 3.05) is 18.0 Å². The first-order valence-corrected chi connectivity index (χ1v) is 5.98. The minimum Gasteiger partial charge on any atom is -0.371 e. The summed E-state index contributed by atoms with van der Waals surface area (Å²) in [7, 11) is 0. The molecule has 1 aromatic rings. The normalized spacial score (nSPS) is 21.5. The van der Waals surface area contributed by atoms with Crippen LogP contribution < -0.4 is 16.4 Å². The van der Waals surface area contributed by atoms with E-state index in [1.807, 2.05) is 12.1 Å². The predicted octanol–water partition coefficient (Wildman–Crippen LogP) is 0.959. The number of amides is 1. The Bertz CT molecular complexity index is 400. The summed E-state index contributed by atoms with van der Waals surface area (Å²) in [6.07, 6.45) is 1.13. The maximum absolute atomic E-state index is 11.0.